The predicted molar refractivity (Wildman–Crippen MR) is 181 cm³/mol. The molecule has 4 aromatic rings. The maximum atomic E-state index is 13.3. The fourth-order valence-electron chi connectivity index (χ4n) is 6.35. The van der Waals surface area contributed by atoms with Crippen molar-refractivity contribution in [3.63, 3.8) is 0 Å². The minimum atomic E-state index is -1.02. The van der Waals surface area contributed by atoms with E-state index in [9.17, 15) is 19.8 Å². The zero-order chi connectivity index (χ0) is 32.4. The van der Waals surface area contributed by atoms with Crippen molar-refractivity contribution in [1.82, 2.24) is 20.2 Å². The van der Waals surface area contributed by atoms with Crippen molar-refractivity contribution >= 4 is 23.2 Å². The van der Waals surface area contributed by atoms with E-state index in [1.54, 1.807) is 4.90 Å². The van der Waals surface area contributed by atoms with Crippen LogP contribution in [0.25, 0.3) is 22.5 Å². The highest BCUT2D eigenvalue weighted by molar-refractivity contribution is 7.14. The second-order valence-corrected chi connectivity index (χ2v) is 14.8. The van der Waals surface area contributed by atoms with Crippen LogP contribution in [0.2, 0.25) is 0 Å². The van der Waals surface area contributed by atoms with Crippen molar-refractivity contribution in [3.05, 3.63) is 93.9 Å². The van der Waals surface area contributed by atoms with Gasteiger partial charge >= 0.3 is 5.97 Å². The van der Waals surface area contributed by atoms with E-state index >= 15 is 0 Å². The highest BCUT2D eigenvalue weighted by Crippen LogP contribution is 2.35. The lowest BCUT2D eigenvalue weighted by molar-refractivity contribution is -0.155. The number of likely N-dealkylation sites (tertiary alicyclic amines) is 1. The highest BCUT2D eigenvalue weighted by Gasteiger charge is 2.39. The number of aliphatic hydroxyl groups excluding tert-OH is 1. The standard InChI is InChI=1S/C37H42N4O4S/c1-37(2,3)32-17-16-31(46-32)34(42)40-30(35(43)41-21-29(22-41)36(44)45)18-23-8-10-27(11-9-23)33-38-19-28(20-39-33)26-14-12-25(13-15-26)24-6-4-5-7-24/h8-17,19-20,24,29-30,35,43H,4-7,18,21-22H2,1-3H3,(H,40,42)(H,44,45)/t30-,35?/m0/s1. The molecule has 9 heteroatoms. The normalized spacial score (nSPS) is 17.4. The molecule has 1 aliphatic heterocycles. The van der Waals surface area contributed by atoms with Crippen molar-refractivity contribution in [2.24, 2.45) is 5.92 Å². The average Bonchev–Trinajstić information content (AvgIpc) is 3.74. The number of nitrogens with one attached hydrogen (secondary N) is 1. The van der Waals surface area contributed by atoms with E-state index in [0.29, 0.717) is 23.0 Å². The molecule has 1 unspecified atom stereocenters. The molecule has 2 atom stereocenters. The number of aromatic nitrogens is 2. The Labute approximate surface area is 274 Å². The molecule has 2 aromatic carbocycles. The Hall–Kier alpha value is -3.92. The summed E-state index contributed by atoms with van der Waals surface area (Å²) >= 11 is 1.45. The van der Waals surface area contributed by atoms with Crippen LogP contribution < -0.4 is 5.32 Å². The summed E-state index contributed by atoms with van der Waals surface area (Å²) in [5.41, 5.74) is 5.21. The molecule has 1 aliphatic carbocycles. The molecule has 1 saturated carbocycles. The molecule has 0 radical (unpaired) electrons. The van der Waals surface area contributed by atoms with Gasteiger partial charge in [-0.15, -0.1) is 11.3 Å². The Balaban J connectivity index is 1.13. The quantitative estimate of drug-likeness (QED) is 0.182. The predicted octanol–water partition coefficient (Wildman–Crippen LogP) is 6.50. The van der Waals surface area contributed by atoms with Crippen molar-refractivity contribution in [1.29, 1.82) is 0 Å². The topological polar surface area (TPSA) is 116 Å². The summed E-state index contributed by atoms with van der Waals surface area (Å²) in [6.07, 6.45) is 8.27. The number of nitrogens with zero attached hydrogens (tertiary/aromatic N) is 3. The van der Waals surface area contributed by atoms with Gasteiger partial charge in [0.25, 0.3) is 5.91 Å². The molecule has 0 spiro atoms. The largest absolute Gasteiger partial charge is 0.481 e. The molecule has 46 heavy (non-hydrogen) atoms. The fraction of sp³-hybridized carbons (Fsp3) is 0.405. The summed E-state index contributed by atoms with van der Waals surface area (Å²) in [6, 6.07) is 19.8. The van der Waals surface area contributed by atoms with E-state index in [-0.39, 0.29) is 24.4 Å². The number of carboxylic acid groups (broad SMARTS) is 1. The number of rotatable bonds is 10. The van der Waals surface area contributed by atoms with Crippen LogP contribution in [0.3, 0.4) is 0 Å². The van der Waals surface area contributed by atoms with Crippen LogP contribution in [0, 0.1) is 5.92 Å². The molecule has 2 aliphatic rings. The number of carboxylic acids is 1. The molecule has 3 heterocycles. The molecule has 2 fully saturated rings. The van der Waals surface area contributed by atoms with E-state index in [0.717, 1.165) is 27.1 Å². The minimum Gasteiger partial charge on any atom is -0.481 e. The lowest BCUT2D eigenvalue weighted by Crippen LogP contribution is -2.61. The van der Waals surface area contributed by atoms with E-state index in [4.69, 9.17) is 0 Å². The minimum absolute atomic E-state index is 0.0719. The third kappa shape index (κ3) is 7.22. The highest BCUT2D eigenvalue weighted by atomic mass is 32.1. The van der Waals surface area contributed by atoms with Crippen molar-refractivity contribution in [2.75, 3.05) is 13.1 Å². The van der Waals surface area contributed by atoms with Crippen molar-refractivity contribution in [2.45, 2.75) is 76.5 Å². The van der Waals surface area contributed by atoms with Crippen LogP contribution in [0.15, 0.2) is 73.1 Å². The number of aliphatic carboxylic acids is 1. The molecule has 1 amide bonds. The summed E-state index contributed by atoms with van der Waals surface area (Å²) in [7, 11) is 0. The Morgan fingerprint density at radius 3 is 2.13 bits per heavy atom. The number of carbonyl (C=O) groups excluding carboxylic acids is 1. The number of aliphatic hydroxyl groups is 1. The SMILES string of the molecule is CC(C)(C)c1ccc(C(=O)N[C@@H](Cc2ccc(-c3ncc(-c4ccc(C5CCCC5)cc4)cn3)cc2)C(O)N2CC(C(=O)O)C2)s1. The second kappa shape index (κ2) is 13.4. The fourth-order valence-corrected chi connectivity index (χ4v) is 7.32. The summed E-state index contributed by atoms with van der Waals surface area (Å²) in [5, 5.41) is 23.6. The van der Waals surface area contributed by atoms with Crippen LogP contribution in [-0.4, -0.2) is 62.3 Å². The molecule has 8 nitrogen and oxygen atoms in total. The van der Waals surface area contributed by atoms with Crippen LogP contribution >= 0.6 is 11.3 Å². The zero-order valence-corrected chi connectivity index (χ0v) is 27.5. The van der Waals surface area contributed by atoms with Gasteiger partial charge in [0.05, 0.1) is 16.8 Å². The first kappa shape index (κ1) is 32.0. The number of amides is 1. The van der Waals surface area contributed by atoms with Crippen LogP contribution in [0.5, 0.6) is 0 Å². The van der Waals surface area contributed by atoms with Gasteiger partial charge in [0.15, 0.2) is 5.82 Å². The first-order valence-electron chi connectivity index (χ1n) is 16.1. The Morgan fingerprint density at radius 1 is 0.913 bits per heavy atom. The zero-order valence-electron chi connectivity index (χ0n) is 26.6. The third-order valence-electron chi connectivity index (χ3n) is 9.27. The van der Waals surface area contributed by atoms with Gasteiger partial charge in [-0.25, -0.2) is 9.97 Å². The first-order valence-corrected chi connectivity index (χ1v) is 16.9. The maximum absolute atomic E-state index is 13.3. The Kier molecular flexibility index (Phi) is 9.36. The molecule has 240 valence electrons. The summed E-state index contributed by atoms with van der Waals surface area (Å²) in [5.74, 6) is -0.332. The van der Waals surface area contributed by atoms with Gasteiger partial charge in [0.1, 0.15) is 6.23 Å². The summed E-state index contributed by atoms with van der Waals surface area (Å²) < 4.78 is 0. The number of hydrogen-bond acceptors (Lipinski definition) is 7. The molecule has 2 aromatic heterocycles. The number of benzene rings is 2. The Morgan fingerprint density at radius 2 is 1.54 bits per heavy atom. The van der Waals surface area contributed by atoms with Gasteiger partial charge in [-0.1, -0.05) is 82.1 Å². The van der Waals surface area contributed by atoms with Crippen molar-refractivity contribution < 1.29 is 19.8 Å². The van der Waals surface area contributed by atoms with E-state index in [1.165, 1.54) is 42.6 Å². The lowest BCUT2D eigenvalue weighted by atomic mass is 9.95. The maximum Gasteiger partial charge on any atom is 0.309 e. The van der Waals surface area contributed by atoms with Gasteiger partial charge in [-0.3, -0.25) is 14.5 Å². The smallest absolute Gasteiger partial charge is 0.309 e. The summed E-state index contributed by atoms with van der Waals surface area (Å²) in [4.78, 5) is 37.3. The van der Waals surface area contributed by atoms with E-state index in [2.05, 4.69) is 60.3 Å². The Bertz CT molecular complexity index is 1650. The van der Waals surface area contributed by atoms with Gasteiger partial charge in [-0.05, 0) is 59.4 Å². The van der Waals surface area contributed by atoms with Gasteiger partial charge < -0.3 is 15.5 Å². The molecule has 6 rings (SSSR count). The monoisotopic (exact) mass is 638 g/mol. The third-order valence-corrected chi connectivity index (χ3v) is 10.8. The van der Waals surface area contributed by atoms with Crippen LogP contribution in [0.4, 0.5) is 0 Å². The molecule has 3 N–H and O–H groups in total. The number of carbonyl (C=O) groups is 2. The van der Waals surface area contributed by atoms with E-state index in [1.807, 2.05) is 48.8 Å². The second-order valence-electron chi connectivity index (χ2n) is 13.7. The number of thiophene rings is 1. The van der Waals surface area contributed by atoms with E-state index < -0.39 is 24.2 Å². The van der Waals surface area contributed by atoms with Crippen molar-refractivity contribution in [3.8, 4) is 22.5 Å². The average molecular weight is 639 g/mol. The number of hydrogen-bond donors (Lipinski definition) is 3. The molecule has 0 bridgehead atoms. The summed E-state index contributed by atoms with van der Waals surface area (Å²) in [6.45, 7) is 6.80. The molecular formula is C37H42N4O4S. The lowest BCUT2D eigenvalue weighted by Gasteiger charge is -2.42. The van der Waals surface area contributed by atoms with Gasteiger partial charge in [-0.2, -0.15) is 0 Å². The van der Waals surface area contributed by atoms with Gasteiger partial charge in [0.2, 0.25) is 0 Å². The van der Waals surface area contributed by atoms with Gasteiger partial charge in [0, 0.05) is 41.5 Å². The molecule has 1 saturated heterocycles. The molecular weight excluding hydrogens is 596 g/mol. The first-order chi connectivity index (χ1) is 22.0. The van der Waals surface area contributed by atoms with Crippen LogP contribution in [0.1, 0.15) is 78.0 Å². The van der Waals surface area contributed by atoms with Crippen LogP contribution in [-0.2, 0) is 16.6 Å².